The van der Waals surface area contributed by atoms with Crippen molar-refractivity contribution in [1.82, 2.24) is 0 Å². The number of rotatable bonds is 42. The Morgan fingerprint density at radius 2 is 0.759 bits per heavy atom. The molecule has 0 aromatic rings. The monoisotopic (exact) mass is 809 g/mol. The van der Waals surface area contributed by atoms with Gasteiger partial charge in [0.25, 0.3) is 0 Å². The van der Waals surface area contributed by atoms with Gasteiger partial charge in [0.05, 0.1) is 0 Å². The smallest absolute Gasteiger partial charge is 0.306 e. The Balaban J connectivity index is 4.43. The molecule has 0 aliphatic carbocycles. The third-order valence-corrected chi connectivity index (χ3v) is 10.0. The Hall–Kier alpha value is -3.15. The molecule has 0 aromatic carbocycles. The minimum absolute atomic E-state index is 0.101. The summed E-state index contributed by atoms with van der Waals surface area (Å²) in [6, 6.07) is 0. The fourth-order valence-electron chi connectivity index (χ4n) is 6.41. The molecule has 332 valence electrons. The summed E-state index contributed by atoms with van der Waals surface area (Å²) in [6.07, 6.45) is 57.5. The number of unbranched alkanes of at least 4 members (excludes halogenated alkanes) is 21. The fourth-order valence-corrected chi connectivity index (χ4v) is 6.41. The maximum Gasteiger partial charge on any atom is 0.306 e. The van der Waals surface area contributed by atoms with E-state index in [2.05, 4.69) is 93.7 Å². The molecule has 0 radical (unpaired) electrons. The molecule has 0 N–H and O–H groups in total. The molecule has 1 atom stereocenters. The van der Waals surface area contributed by atoms with Crippen molar-refractivity contribution in [2.24, 2.45) is 0 Å². The molecule has 6 heteroatoms. The molecular weight excluding hydrogens is 721 g/mol. The Bertz CT molecular complexity index is 1110. The summed E-state index contributed by atoms with van der Waals surface area (Å²) in [4.78, 5) is 37.7. The Morgan fingerprint density at radius 3 is 1.22 bits per heavy atom. The van der Waals surface area contributed by atoms with Gasteiger partial charge in [0.2, 0.25) is 0 Å². The average molecular weight is 809 g/mol. The summed E-state index contributed by atoms with van der Waals surface area (Å²) >= 11 is 0. The van der Waals surface area contributed by atoms with Crippen molar-refractivity contribution in [3.63, 3.8) is 0 Å². The highest BCUT2D eigenvalue weighted by atomic mass is 16.6. The second-order valence-corrected chi connectivity index (χ2v) is 15.7. The summed E-state index contributed by atoms with van der Waals surface area (Å²) in [7, 11) is 0. The van der Waals surface area contributed by atoms with Gasteiger partial charge in [0, 0.05) is 19.3 Å². The van der Waals surface area contributed by atoms with Crippen LogP contribution < -0.4 is 0 Å². The van der Waals surface area contributed by atoms with E-state index in [4.69, 9.17) is 14.2 Å². The summed E-state index contributed by atoms with van der Waals surface area (Å²) in [5.74, 6) is -0.981. The van der Waals surface area contributed by atoms with Gasteiger partial charge in [-0.2, -0.15) is 0 Å². The normalized spacial score (nSPS) is 12.7. The van der Waals surface area contributed by atoms with Gasteiger partial charge in [0.15, 0.2) is 6.10 Å². The van der Waals surface area contributed by atoms with E-state index in [-0.39, 0.29) is 37.5 Å². The van der Waals surface area contributed by atoms with Crippen molar-refractivity contribution in [2.45, 2.75) is 226 Å². The summed E-state index contributed by atoms with van der Waals surface area (Å²) in [6.45, 7) is 6.42. The zero-order valence-corrected chi connectivity index (χ0v) is 37.8. The van der Waals surface area contributed by atoms with Crippen molar-refractivity contribution >= 4 is 17.9 Å². The molecule has 0 rings (SSSR count). The highest BCUT2D eigenvalue weighted by Crippen LogP contribution is 2.13. The van der Waals surface area contributed by atoms with Crippen LogP contribution in [-0.4, -0.2) is 37.2 Å². The lowest BCUT2D eigenvalue weighted by Gasteiger charge is -2.18. The van der Waals surface area contributed by atoms with E-state index < -0.39 is 6.10 Å². The quantitative estimate of drug-likeness (QED) is 0.0201. The predicted molar refractivity (Wildman–Crippen MR) is 247 cm³/mol. The highest BCUT2D eigenvalue weighted by molar-refractivity contribution is 5.71. The first-order valence-corrected chi connectivity index (χ1v) is 24.0. The second-order valence-electron chi connectivity index (χ2n) is 15.7. The van der Waals surface area contributed by atoms with Gasteiger partial charge in [-0.1, -0.05) is 203 Å². The van der Waals surface area contributed by atoms with E-state index in [1.165, 1.54) is 83.5 Å². The molecule has 6 nitrogen and oxygen atoms in total. The van der Waals surface area contributed by atoms with Crippen LogP contribution >= 0.6 is 0 Å². The zero-order chi connectivity index (χ0) is 42.3. The van der Waals surface area contributed by atoms with Crippen LogP contribution in [0.1, 0.15) is 220 Å². The first kappa shape index (κ1) is 54.9. The molecule has 0 amide bonds. The predicted octanol–water partition coefficient (Wildman–Crippen LogP) is 15.5. The molecule has 0 aliphatic heterocycles. The van der Waals surface area contributed by atoms with E-state index in [1.807, 2.05) is 0 Å². The lowest BCUT2D eigenvalue weighted by atomic mass is 10.1. The zero-order valence-electron chi connectivity index (χ0n) is 37.8. The number of hydrogen-bond acceptors (Lipinski definition) is 6. The Kier molecular flexibility index (Phi) is 44.0. The van der Waals surface area contributed by atoms with Crippen LogP contribution in [-0.2, 0) is 28.6 Å². The molecule has 0 heterocycles. The van der Waals surface area contributed by atoms with Crippen LogP contribution in [0.5, 0.6) is 0 Å². The van der Waals surface area contributed by atoms with Crippen LogP contribution in [0.25, 0.3) is 0 Å². The molecule has 1 unspecified atom stereocenters. The number of allylic oxidation sites excluding steroid dienone is 12. The largest absolute Gasteiger partial charge is 0.462 e. The van der Waals surface area contributed by atoms with Crippen LogP contribution in [0.15, 0.2) is 72.9 Å². The topological polar surface area (TPSA) is 78.9 Å². The van der Waals surface area contributed by atoms with Crippen molar-refractivity contribution < 1.29 is 28.6 Å². The molecular formula is C52H88O6. The summed E-state index contributed by atoms with van der Waals surface area (Å²) in [5, 5.41) is 0. The van der Waals surface area contributed by atoms with E-state index in [0.717, 1.165) is 89.9 Å². The average Bonchev–Trinajstić information content (AvgIpc) is 3.22. The lowest BCUT2D eigenvalue weighted by molar-refractivity contribution is -0.167. The maximum absolute atomic E-state index is 12.7. The van der Waals surface area contributed by atoms with Gasteiger partial charge >= 0.3 is 17.9 Å². The number of hydrogen-bond donors (Lipinski definition) is 0. The molecule has 0 bridgehead atoms. The minimum Gasteiger partial charge on any atom is -0.462 e. The van der Waals surface area contributed by atoms with E-state index in [9.17, 15) is 14.4 Å². The van der Waals surface area contributed by atoms with E-state index in [0.29, 0.717) is 19.3 Å². The molecule has 0 spiro atoms. The number of esters is 3. The van der Waals surface area contributed by atoms with Gasteiger partial charge in [-0.15, -0.1) is 0 Å². The van der Waals surface area contributed by atoms with Gasteiger partial charge < -0.3 is 14.2 Å². The lowest BCUT2D eigenvalue weighted by Crippen LogP contribution is -2.30. The number of ether oxygens (including phenoxy) is 3. The first-order valence-electron chi connectivity index (χ1n) is 24.0. The number of carbonyl (C=O) groups excluding carboxylic acids is 3. The van der Waals surface area contributed by atoms with Gasteiger partial charge in [-0.25, -0.2) is 0 Å². The van der Waals surface area contributed by atoms with Gasteiger partial charge in [-0.05, 0) is 70.6 Å². The molecule has 0 aromatic heterocycles. The van der Waals surface area contributed by atoms with Crippen LogP contribution in [0.4, 0.5) is 0 Å². The van der Waals surface area contributed by atoms with Gasteiger partial charge in [-0.3, -0.25) is 14.4 Å². The van der Waals surface area contributed by atoms with E-state index in [1.54, 1.807) is 0 Å². The minimum atomic E-state index is -0.806. The van der Waals surface area contributed by atoms with Crippen molar-refractivity contribution in [3.05, 3.63) is 72.9 Å². The van der Waals surface area contributed by atoms with Crippen LogP contribution in [0, 0.1) is 0 Å². The molecule has 0 fully saturated rings. The van der Waals surface area contributed by atoms with Crippen LogP contribution in [0.2, 0.25) is 0 Å². The second kappa shape index (κ2) is 46.5. The van der Waals surface area contributed by atoms with Crippen molar-refractivity contribution in [3.8, 4) is 0 Å². The molecule has 58 heavy (non-hydrogen) atoms. The Morgan fingerprint density at radius 1 is 0.379 bits per heavy atom. The SMILES string of the molecule is CC/C=C\C/C=C\C/C=C\CCCC(=O)OC(COC(=O)CCCCCCC\C=C/C=C\C=C/CCCCCCC)COC(=O)CCCCCCCCCCCCC. The first-order chi connectivity index (χ1) is 28.5. The summed E-state index contributed by atoms with van der Waals surface area (Å²) < 4.78 is 16.7. The molecule has 0 aliphatic rings. The Labute approximate surface area is 357 Å². The maximum atomic E-state index is 12.7. The third kappa shape index (κ3) is 44.0. The van der Waals surface area contributed by atoms with E-state index >= 15 is 0 Å². The van der Waals surface area contributed by atoms with Crippen LogP contribution in [0.3, 0.4) is 0 Å². The standard InChI is InChI=1S/C52H88O6/c1-4-7-10-13-16-19-22-23-24-25-26-27-28-31-33-36-39-42-45-51(54)57-48-49(58-52(55)46-43-40-37-34-30-21-18-15-12-9-6-3)47-56-50(53)44-41-38-35-32-29-20-17-14-11-8-5-2/h9,12,18,21-27,34,37,49H,4-8,10-11,13-17,19-20,28-33,35-36,38-48H2,1-3H3/b12-9-,21-18-,23-22-,25-24-,27-26-,37-34-. The molecule has 0 saturated heterocycles. The van der Waals surface area contributed by atoms with Crippen molar-refractivity contribution in [2.75, 3.05) is 13.2 Å². The van der Waals surface area contributed by atoms with Crippen molar-refractivity contribution in [1.29, 1.82) is 0 Å². The summed E-state index contributed by atoms with van der Waals surface area (Å²) in [5.41, 5.74) is 0. The van der Waals surface area contributed by atoms with Gasteiger partial charge in [0.1, 0.15) is 13.2 Å². The molecule has 0 saturated carbocycles. The number of carbonyl (C=O) groups is 3. The highest BCUT2D eigenvalue weighted by Gasteiger charge is 2.19. The third-order valence-electron chi connectivity index (χ3n) is 10.0. The fraction of sp³-hybridized carbons (Fsp3) is 0.712.